The summed E-state index contributed by atoms with van der Waals surface area (Å²) in [7, 11) is 0. The van der Waals surface area contributed by atoms with Gasteiger partial charge in [0, 0.05) is 18.7 Å². The number of anilines is 1. The second kappa shape index (κ2) is 7.92. The van der Waals surface area contributed by atoms with Crippen molar-refractivity contribution in [1.82, 2.24) is 4.90 Å². The predicted molar refractivity (Wildman–Crippen MR) is 106 cm³/mol. The maximum absolute atomic E-state index is 13.1. The van der Waals surface area contributed by atoms with Crippen LogP contribution >= 0.6 is 0 Å². The average Bonchev–Trinajstić information content (AvgIpc) is 2.68. The van der Waals surface area contributed by atoms with Crippen molar-refractivity contribution in [2.45, 2.75) is 40.2 Å². The number of benzene rings is 2. The summed E-state index contributed by atoms with van der Waals surface area (Å²) in [4.78, 5) is 17.2. The number of amides is 1. The van der Waals surface area contributed by atoms with E-state index in [0.29, 0.717) is 17.8 Å². The van der Waals surface area contributed by atoms with E-state index in [1.807, 2.05) is 37.3 Å². The highest BCUT2D eigenvalue weighted by molar-refractivity contribution is 6.07. The minimum atomic E-state index is -0.0405. The summed E-state index contributed by atoms with van der Waals surface area (Å²) in [5.74, 6) is 0.151. The number of hydrogen-bond acceptors (Lipinski definition) is 3. The standard InChI is InChI=1S/C22H28N2O2/c1-4-23(5-2)15-17-9-11-18(12-10-17)22(26)24-14-6-7-19-16(3)8-13-20(25)21(19)24/h8-13,25H,4-7,14-15H2,1-3H3. The molecule has 2 aromatic rings. The van der Waals surface area contributed by atoms with E-state index in [2.05, 4.69) is 18.7 Å². The summed E-state index contributed by atoms with van der Waals surface area (Å²) >= 11 is 0. The van der Waals surface area contributed by atoms with Crippen LogP contribution in [0.4, 0.5) is 5.69 Å². The molecule has 0 atom stereocenters. The van der Waals surface area contributed by atoms with Crippen LogP contribution in [0.1, 0.15) is 47.3 Å². The molecule has 4 heteroatoms. The van der Waals surface area contributed by atoms with Crippen molar-refractivity contribution in [2.75, 3.05) is 24.5 Å². The monoisotopic (exact) mass is 352 g/mol. The number of carbonyl (C=O) groups is 1. The highest BCUT2D eigenvalue weighted by atomic mass is 16.3. The lowest BCUT2D eigenvalue weighted by Gasteiger charge is -2.31. The zero-order valence-corrected chi connectivity index (χ0v) is 16.0. The molecule has 0 unspecified atom stereocenters. The lowest BCUT2D eigenvalue weighted by atomic mass is 9.95. The molecule has 0 bridgehead atoms. The van der Waals surface area contributed by atoms with Crippen LogP contribution < -0.4 is 4.90 Å². The van der Waals surface area contributed by atoms with Gasteiger partial charge in [-0.3, -0.25) is 9.69 Å². The number of fused-ring (bicyclic) bond motifs is 1. The molecular formula is C22H28N2O2. The third-order valence-corrected chi connectivity index (χ3v) is 5.32. The van der Waals surface area contributed by atoms with Crippen LogP contribution in [0.25, 0.3) is 0 Å². The van der Waals surface area contributed by atoms with Crippen LogP contribution in [0.15, 0.2) is 36.4 Å². The van der Waals surface area contributed by atoms with Crippen LogP contribution in [0.3, 0.4) is 0 Å². The molecule has 138 valence electrons. The Bertz CT molecular complexity index is 779. The summed E-state index contributed by atoms with van der Waals surface area (Å²) in [5, 5.41) is 10.3. The fourth-order valence-corrected chi connectivity index (χ4v) is 3.68. The van der Waals surface area contributed by atoms with E-state index >= 15 is 0 Å². The van der Waals surface area contributed by atoms with Crippen molar-refractivity contribution >= 4 is 11.6 Å². The molecule has 0 saturated carbocycles. The lowest BCUT2D eigenvalue weighted by molar-refractivity contribution is 0.0984. The normalized spacial score (nSPS) is 13.8. The molecule has 1 amide bonds. The fraction of sp³-hybridized carbons (Fsp3) is 0.409. The molecule has 1 N–H and O–H groups in total. The molecule has 0 fully saturated rings. The highest BCUT2D eigenvalue weighted by Gasteiger charge is 2.27. The largest absolute Gasteiger partial charge is 0.506 e. The van der Waals surface area contributed by atoms with Gasteiger partial charge in [-0.05, 0) is 67.7 Å². The Balaban J connectivity index is 1.84. The topological polar surface area (TPSA) is 43.8 Å². The molecule has 1 heterocycles. The molecule has 0 radical (unpaired) electrons. The van der Waals surface area contributed by atoms with Crippen molar-refractivity contribution in [1.29, 1.82) is 0 Å². The van der Waals surface area contributed by atoms with Gasteiger partial charge in [-0.25, -0.2) is 0 Å². The Hall–Kier alpha value is -2.33. The van der Waals surface area contributed by atoms with Gasteiger partial charge in [-0.15, -0.1) is 0 Å². The molecule has 0 saturated heterocycles. The van der Waals surface area contributed by atoms with E-state index in [-0.39, 0.29) is 11.7 Å². The zero-order chi connectivity index (χ0) is 18.7. The van der Waals surface area contributed by atoms with Crippen molar-refractivity contribution in [3.8, 4) is 5.75 Å². The van der Waals surface area contributed by atoms with Crippen molar-refractivity contribution in [3.05, 3.63) is 58.7 Å². The van der Waals surface area contributed by atoms with Crippen LogP contribution in [0.5, 0.6) is 5.75 Å². The van der Waals surface area contributed by atoms with E-state index in [0.717, 1.165) is 43.6 Å². The quantitative estimate of drug-likeness (QED) is 0.880. The second-order valence-corrected chi connectivity index (χ2v) is 6.95. The van der Waals surface area contributed by atoms with Crippen molar-refractivity contribution in [3.63, 3.8) is 0 Å². The minimum Gasteiger partial charge on any atom is -0.506 e. The number of carbonyl (C=O) groups excluding carboxylic acids is 1. The molecule has 2 aromatic carbocycles. The van der Waals surface area contributed by atoms with E-state index < -0.39 is 0 Å². The Kier molecular flexibility index (Phi) is 5.62. The van der Waals surface area contributed by atoms with Gasteiger partial charge in [0.1, 0.15) is 5.75 Å². The van der Waals surface area contributed by atoms with Gasteiger partial charge in [-0.2, -0.15) is 0 Å². The summed E-state index contributed by atoms with van der Waals surface area (Å²) in [5.41, 5.74) is 4.78. The Labute approximate surface area is 156 Å². The maximum atomic E-state index is 13.1. The molecule has 3 rings (SSSR count). The van der Waals surface area contributed by atoms with Crippen LogP contribution in [0, 0.1) is 6.92 Å². The number of aryl methyl sites for hydroxylation is 1. The summed E-state index contributed by atoms with van der Waals surface area (Å²) in [6.07, 6.45) is 1.82. The van der Waals surface area contributed by atoms with Gasteiger partial charge in [0.2, 0.25) is 0 Å². The van der Waals surface area contributed by atoms with Gasteiger partial charge in [0.25, 0.3) is 5.91 Å². The van der Waals surface area contributed by atoms with E-state index in [4.69, 9.17) is 0 Å². The van der Waals surface area contributed by atoms with Gasteiger partial charge in [-0.1, -0.05) is 32.0 Å². The molecular weight excluding hydrogens is 324 g/mol. The van der Waals surface area contributed by atoms with Gasteiger partial charge < -0.3 is 10.0 Å². The first-order valence-corrected chi connectivity index (χ1v) is 9.49. The first kappa shape index (κ1) is 18.5. The third-order valence-electron chi connectivity index (χ3n) is 5.32. The minimum absolute atomic E-state index is 0.0405. The summed E-state index contributed by atoms with van der Waals surface area (Å²) in [6, 6.07) is 11.5. The molecule has 0 spiro atoms. The zero-order valence-electron chi connectivity index (χ0n) is 16.0. The number of aromatic hydroxyl groups is 1. The van der Waals surface area contributed by atoms with Gasteiger partial charge in [0.05, 0.1) is 5.69 Å². The molecule has 0 aliphatic carbocycles. The van der Waals surface area contributed by atoms with Crippen molar-refractivity contribution in [2.24, 2.45) is 0 Å². The van der Waals surface area contributed by atoms with E-state index in [9.17, 15) is 9.90 Å². The van der Waals surface area contributed by atoms with Gasteiger partial charge >= 0.3 is 0 Å². The number of rotatable bonds is 5. The number of hydrogen-bond donors (Lipinski definition) is 1. The molecule has 4 nitrogen and oxygen atoms in total. The second-order valence-electron chi connectivity index (χ2n) is 6.95. The highest BCUT2D eigenvalue weighted by Crippen LogP contribution is 2.38. The molecule has 1 aliphatic heterocycles. The van der Waals surface area contributed by atoms with E-state index in [1.54, 1.807) is 11.0 Å². The van der Waals surface area contributed by atoms with Crippen LogP contribution in [-0.4, -0.2) is 35.5 Å². The Morgan fingerprint density at radius 1 is 1.12 bits per heavy atom. The first-order chi connectivity index (χ1) is 12.5. The fourth-order valence-electron chi connectivity index (χ4n) is 3.68. The molecule has 26 heavy (non-hydrogen) atoms. The average molecular weight is 352 g/mol. The smallest absolute Gasteiger partial charge is 0.258 e. The Morgan fingerprint density at radius 2 is 1.81 bits per heavy atom. The van der Waals surface area contributed by atoms with E-state index in [1.165, 1.54) is 5.56 Å². The maximum Gasteiger partial charge on any atom is 0.258 e. The SMILES string of the molecule is CCN(CC)Cc1ccc(C(=O)N2CCCc3c(C)ccc(O)c32)cc1. The third kappa shape index (κ3) is 3.61. The number of nitrogens with zero attached hydrogens (tertiary/aromatic N) is 2. The van der Waals surface area contributed by atoms with Gasteiger partial charge in [0.15, 0.2) is 0 Å². The number of phenolic OH excluding ortho intramolecular Hbond substituents is 1. The number of phenols is 1. The van der Waals surface area contributed by atoms with Crippen LogP contribution in [-0.2, 0) is 13.0 Å². The lowest BCUT2D eigenvalue weighted by Crippen LogP contribution is -2.35. The predicted octanol–water partition coefficient (Wildman–Crippen LogP) is 4.14. The van der Waals surface area contributed by atoms with Crippen LogP contribution in [0.2, 0.25) is 0 Å². The Morgan fingerprint density at radius 3 is 2.46 bits per heavy atom. The summed E-state index contributed by atoms with van der Waals surface area (Å²) < 4.78 is 0. The molecule has 0 aromatic heterocycles. The molecule has 1 aliphatic rings. The first-order valence-electron chi connectivity index (χ1n) is 9.49. The van der Waals surface area contributed by atoms with Crippen molar-refractivity contribution < 1.29 is 9.90 Å². The summed E-state index contributed by atoms with van der Waals surface area (Å²) in [6.45, 7) is 9.92.